The highest BCUT2D eigenvalue weighted by atomic mass is 19.1. The van der Waals surface area contributed by atoms with Gasteiger partial charge in [-0.3, -0.25) is 4.79 Å². The number of hydrogen-bond acceptors (Lipinski definition) is 3. The van der Waals surface area contributed by atoms with Crippen LogP contribution >= 0.6 is 0 Å². The zero-order valence-electron chi connectivity index (χ0n) is 10.7. The molecule has 104 valence electrons. The van der Waals surface area contributed by atoms with E-state index in [1.807, 2.05) is 0 Å². The minimum atomic E-state index is -0.700. The summed E-state index contributed by atoms with van der Waals surface area (Å²) in [4.78, 5) is 10.7. The number of allylic oxidation sites excluding steroid dienone is 1. The third kappa shape index (κ3) is 4.79. The van der Waals surface area contributed by atoms with Gasteiger partial charge >= 0.3 is 5.97 Å². The standard InChI is InChI=1S/C14H16F2O3/c1-9(5-11(7-17)8-19-10(2)18)13-4-3-12(15)6-14(13)16/h3-4,6,11,17H,1,5,7-8H2,2H3/t11-/m0/s1. The van der Waals surface area contributed by atoms with Gasteiger partial charge in [0.15, 0.2) is 0 Å². The average molecular weight is 270 g/mol. The van der Waals surface area contributed by atoms with Crippen molar-refractivity contribution in [3.63, 3.8) is 0 Å². The molecule has 19 heavy (non-hydrogen) atoms. The fourth-order valence-electron chi connectivity index (χ4n) is 1.65. The Morgan fingerprint density at radius 3 is 2.68 bits per heavy atom. The number of carbonyl (C=O) groups excluding carboxylic acids is 1. The molecule has 0 unspecified atom stereocenters. The van der Waals surface area contributed by atoms with Crippen LogP contribution in [0.1, 0.15) is 18.9 Å². The molecule has 1 atom stereocenters. The normalized spacial score (nSPS) is 12.0. The van der Waals surface area contributed by atoms with Crippen LogP contribution in [0, 0.1) is 17.6 Å². The van der Waals surface area contributed by atoms with Crippen LogP contribution in [0.25, 0.3) is 5.57 Å². The Labute approximate surface area is 110 Å². The van der Waals surface area contributed by atoms with Crippen LogP contribution in [0.3, 0.4) is 0 Å². The maximum Gasteiger partial charge on any atom is 0.302 e. The predicted molar refractivity (Wildman–Crippen MR) is 67.2 cm³/mol. The molecule has 1 aromatic rings. The van der Waals surface area contributed by atoms with Crippen molar-refractivity contribution in [1.82, 2.24) is 0 Å². The Kier molecular flexibility index (Phi) is 5.63. The van der Waals surface area contributed by atoms with Crippen molar-refractivity contribution >= 4 is 11.5 Å². The van der Waals surface area contributed by atoms with Gasteiger partial charge in [0.25, 0.3) is 0 Å². The number of esters is 1. The molecule has 0 radical (unpaired) electrons. The van der Waals surface area contributed by atoms with Gasteiger partial charge < -0.3 is 9.84 Å². The molecule has 0 spiro atoms. The van der Waals surface area contributed by atoms with E-state index in [2.05, 4.69) is 6.58 Å². The molecule has 0 aromatic heterocycles. The van der Waals surface area contributed by atoms with Crippen LogP contribution in [0.5, 0.6) is 0 Å². The average Bonchev–Trinajstić information content (AvgIpc) is 2.33. The lowest BCUT2D eigenvalue weighted by atomic mass is 9.96. The molecule has 0 saturated carbocycles. The molecule has 0 bridgehead atoms. The van der Waals surface area contributed by atoms with Crippen molar-refractivity contribution in [3.05, 3.63) is 42.0 Å². The van der Waals surface area contributed by atoms with E-state index in [9.17, 15) is 13.6 Å². The molecule has 0 aliphatic rings. The number of carbonyl (C=O) groups is 1. The highest BCUT2D eigenvalue weighted by Crippen LogP contribution is 2.24. The van der Waals surface area contributed by atoms with Crippen LogP contribution in [-0.4, -0.2) is 24.3 Å². The first kappa shape index (κ1) is 15.3. The lowest BCUT2D eigenvalue weighted by Crippen LogP contribution is -2.16. The summed E-state index contributed by atoms with van der Waals surface area (Å²) in [6, 6.07) is 3.22. The molecule has 0 amide bonds. The highest BCUT2D eigenvalue weighted by molar-refractivity contribution is 5.66. The van der Waals surface area contributed by atoms with E-state index in [4.69, 9.17) is 9.84 Å². The van der Waals surface area contributed by atoms with E-state index in [0.29, 0.717) is 5.57 Å². The van der Waals surface area contributed by atoms with Crippen molar-refractivity contribution < 1.29 is 23.4 Å². The van der Waals surface area contributed by atoms with Crippen LogP contribution in [0.15, 0.2) is 24.8 Å². The molecule has 3 nitrogen and oxygen atoms in total. The number of ether oxygens (including phenoxy) is 1. The fourth-order valence-corrected chi connectivity index (χ4v) is 1.65. The van der Waals surface area contributed by atoms with Gasteiger partial charge in [-0.05, 0) is 24.1 Å². The lowest BCUT2D eigenvalue weighted by molar-refractivity contribution is -0.142. The number of aliphatic hydroxyl groups excluding tert-OH is 1. The van der Waals surface area contributed by atoms with E-state index in [-0.39, 0.29) is 31.1 Å². The Morgan fingerprint density at radius 1 is 1.47 bits per heavy atom. The fraction of sp³-hybridized carbons (Fsp3) is 0.357. The minimum Gasteiger partial charge on any atom is -0.465 e. The summed E-state index contributed by atoms with van der Waals surface area (Å²) in [6.07, 6.45) is 0.256. The quantitative estimate of drug-likeness (QED) is 0.808. The first-order chi connectivity index (χ1) is 8.93. The molecule has 0 saturated heterocycles. The van der Waals surface area contributed by atoms with Crippen molar-refractivity contribution in [3.8, 4) is 0 Å². The van der Waals surface area contributed by atoms with Gasteiger partial charge in [-0.25, -0.2) is 8.78 Å². The third-order valence-corrected chi connectivity index (χ3v) is 2.63. The summed E-state index contributed by atoms with van der Waals surface area (Å²) in [5, 5.41) is 9.16. The van der Waals surface area contributed by atoms with Crippen molar-refractivity contribution in [2.45, 2.75) is 13.3 Å². The van der Waals surface area contributed by atoms with Crippen molar-refractivity contribution in [2.24, 2.45) is 5.92 Å². The zero-order chi connectivity index (χ0) is 14.4. The molecular weight excluding hydrogens is 254 g/mol. The van der Waals surface area contributed by atoms with Gasteiger partial charge in [-0.2, -0.15) is 0 Å². The van der Waals surface area contributed by atoms with Gasteiger partial charge in [0, 0.05) is 31.1 Å². The first-order valence-corrected chi connectivity index (χ1v) is 5.81. The molecule has 1 N–H and O–H groups in total. The summed E-state index contributed by atoms with van der Waals surface area (Å²) >= 11 is 0. The second-order valence-corrected chi connectivity index (χ2v) is 4.28. The van der Waals surface area contributed by atoms with Crippen LogP contribution < -0.4 is 0 Å². The minimum absolute atomic E-state index is 0.0354. The maximum absolute atomic E-state index is 13.5. The summed E-state index contributed by atoms with van der Waals surface area (Å²) in [7, 11) is 0. The van der Waals surface area contributed by atoms with Crippen molar-refractivity contribution in [2.75, 3.05) is 13.2 Å². The van der Waals surface area contributed by atoms with Gasteiger partial charge in [-0.1, -0.05) is 6.58 Å². The van der Waals surface area contributed by atoms with Gasteiger partial charge in [0.1, 0.15) is 11.6 Å². The smallest absolute Gasteiger partial charge is 0.302 e. The molecule has 0 aliphatic carbocycles. The molecule has 0 aliphatic heterocycles. The second-order valence-electron chi connectivity index (χ2n) is 4.28. The highest BCUT2D eigenvalue weighted by Gasteiger charge is 2.15. The van der Waals surface area contributed by atoms with Crippen LogP contribution in [0.2, 0.25) is 0 Å². The molecular formula is C14H16F2O3. The topological polar surface area (TPSA) is 46.5 Å². The van der Waals surface area contributed by atoms with E-state index in [0.717, 1.165) is 12.1 Å². The monoisotopic (exact) mass is 270 g/mol. The van der Waals surface area contributed by atoms with Crippen LogP contribution in [0.4, 0.5) is 8.78 Å². The maximum atomic E-state index is 13.5. The number of rotatable bonds is 6. The first-order valence-electron chi connectivity index (χ1n) is 5.81. The number of halogens is 2. The van der Waals surface area contributed by atoms with Crippen LogP contribution in [-0.2, 0) is 9.53 Å². The number of aliphatic hydroxyl groups is 1. The molecule has 1 aromatic carbocycles. The second kappa shape index (κ2) is 6.99. The Bertz CT molecular complexity index is 472. The summed E-state index contributed by atoms with van der Waals surface area (Å²) in [5.74, 6) is -2.17. The van der Waals surface area contributed by atoms with E-state index >= 15 is 0 Å². The molecule has 1 rings (SSSR count). The zero-order valence-corrected chi connectivity index (χ0v) is 10.7. The Morgan fingerprint density at radius 2 is 2.16 bits per heavy atom. The number of benzene rings is 1. The number of hydrogen-bond donors (Lipinski definition) is 1. The lowest BCUT2D eigenvalue weighted by Gasteiger charge is -2.16. The molecule has 5 heteroatoms. The molecule has 0 heterocycles. The van der Waals surface area contributed by atoms with Crippen molar-refractivity contribution in [1.29, 1.82) is 0 Å². The van der Waals surface area contributed by atoms with E-state index in [1.54, 1.807) is 0 Å². The Hall–Kier alpha value is -1.75. The summed E-state index contributed by atoms with van der Waals surface area (Å²) < 4.78 is 31.1. The van der Waals surface area contributed by atoms with Gasteiger partial charge in [-0.15, -0.1) is 0 Å². The SMILES string of the molecule is C=C(C[C@@H](CO)COC(C)=O)c1ccc(F)cc1F. The summed E-state index contributed by atoms with van der Waals surface area (Å²) in [5.41, 5.74) is 0.617. The van der Waals surface area contributed by atoms with E-state index < -0.39 is 17.6 Å². The van der Waals surface area contributed by atoms with Gasteiger partial charge in [0.05, 0.1) is 6.61 Å². The van der Waals surface area contributed by atoms with Gasteiger partial charge in [0.2, 0.25) is 0 Å². The summed E-state index contributed by atoms with van der Waals surface area (Å²) in [6.45, 7) is 4.81. The largest absolute Gasteiger partial charge is 0.465 e. The third-order valence-electron chi connectivity index (χ3n) is 2.63. The Balaban J connectivity index is 2.69. The van der Waals surface area contributed by atoms with E-state index in [1.165, 1.54) is 13.0 Å². The molecule has 0 fully saturated rings. The predicted octanol–water partition coefficient (Wildman–Crippen LogP) is 2.54.